The molecular formula is C13H13ClN2O4S2. The van der Waals surface area contributed by atoms with Gasteiger partial charge in [0.25, 0.3) is 0 Å². The van der Waals surface area contributed by atoms with Crippen molar-refractivity contribution >= 4 is 31.6 Å². The first-order valence-electron chi connectivity index (χ1n) is 6.05. The summed E-state index contributed by atoms with van der Waals surface area (Å²) in [5.74, 6) is 0. The van der Waals surface area contributed by atoms with Crippen LogP contribution >= 0.6 is 11.6 Å². The van der Waals surface area contributed by atoms with Crippen molar-refractivity contribution in [3.05, 3.63) is 59.1 Å². The summed E-state index contributed by atoms with van der Waals surface area (Å²) in [4.78, 5) is -0.196. The third kappa shape index (κ3) is 4.28. The Morgan fingerprint density at radius 2 is 1.36 bits per heavy atom. The summed E-state index contributed by atoms with van der Waals surface area (Å²) in [5, 5.41) is 5.52. The summed E-state index contributed by atoms with van der Waals surface area (Å²) in [7, 11) is -7.60. The quantitative estimate of drug-likeness (QED) is 0.841. The van der Waals surface area contributed by atoms with Gasteiger partial charge < -0.3 is 0 Å². The number of rotatable bonds is 5. The zero-order valence-corrected chi connectivity index (χ0v) is 13.6. The van der Waals surface area contributed by atoms with E-state index in [9.17, 15) is 16.8 Å². The summed E-state index contributed by atoms with van der Waals surface area (Å²) < 4.78 is 48.9. The Labute approximate surface area is 134 Å². The second-order valence-corrected chi connectivity index (χ2v) is 8.23. The van der Waals surface area contributed by atoms with Gasteiger partial charge in [-0.25, -0.2) is 26.7 Å². The fraction of sp³-hybridized carbons (Fsp3) is 0.0769. The van der Waals surface area contributed by atoms with Crippen LogP contribution in [0.15, 0.2) is 58.3 Å². The molecule has 0 unspecified atom stereocenters. The minimum Gasteiger partial charge on any atom is -0.225 e. The maximum Gasteiger partial charge on any atom is 0.240 e. The molecule has 0 aliphatic heterocycles. The van der Waals surface area contributed by atoms with E-state index in [4.69, 9.17) is 16.7 Å². The Balaban J connectivity index is 2.15. The number of hydrogen-bond acceptors (Lipinski definition) is 4. The molecule has 0 aliphatic rings. The molecule has 6 nitrogen and oxygen atoms in total. The Kier molecular flexibility index (Phi) is 4.88. The molecule has 0 radical (unpaired) electrons. The lowest BCUT2D eigenvalue weighted by atomic mass is 10.2. The van der Waals surface area contributed by atoms with Crippen molar-refractivity contribution in [3.8, 4) is 0 Å². The second kappa shape index (κ2) is 6.35. The van der Waals surface area contributed by atoms with Gasteiger partial charge in [0.1, 0.15) is 0 Å². The first-order valence-corrected chi connectivity index (χ1v) is 9.46. The van der Waals surface area contributed by atoms with Crippen LogP contribution in [0.25, 0.3) is 0 Å². The maximum absolute atomic E-state index is 12.1. The van der Waals surface area contributed by atoms with Gasteiger partial charge >= 0.3 is 0 Å². The topological polar surface area (TPSA) is 106 Å². The van der Waals surface area contributed by atoms with Crippen molar-refractivity contribution in [2.24, 2.45) is 5.14 Å². The number of primary sulfonamides is 1. The van der Waals surface area contributed by atoms with Gasteiger partial charge in [0.15, 0.2) is 0 Å². The molecule has 2 rings (SSSR count). The Hall–Kier alpha value is -1.45. The minimum absolute atomic E-state index is 0.0473. The van der Waals surface area contributed by atoms with Crippen LogP contribution < -0.4 is 9.86 Å². The number of sulfonamides is 2. The highest BCUT2D eigenvalue weighted by Crippen LogP contribution is 2.14. The molecule has 0 aromatic heterocycles. The molecule has 0 fully saturated rings. The van der Waals surface area contributed by atoms with E-state index in [0.717, 1.165) is 17.7 Å². The van der Waals surface area contributed by atoms with E-state index in [1.165, 1.54) is 12.1 Å². The normalized spacial score (nSPS) is 12.3. The van der Waals surface area contributed by atoms with Crippen LogP contribution in [0.4, 0.5) is 0 Å². The fourth-order valence-electron chi connectivity index (χ4n) is 1.67. The van der Waals surface area contributed by atoms with E-state index < -0.39 is 20.0 Å². The zero-order valence-electron chi connectivity index (χ0n) is 11.2. The highest BCUT2D eigenvalue weighted by Gasteiger charge is 2.15. The van der Waals surface area contributed by atoms with Crippen LogP contribution in [0.5, 0.6) is 0 Å². The van der Waals surface area contributed by atoms with Gasteiger partial charge in [-0.15, -0.1) is 0 Å². The first kappa shape index (κ1) is 16.9. The van der Waals surface area contributed by atoms with E-state index in [0.29, 0.717) is 5.02 Å². The minimum atomic E-state index is -3.85. The van der Waals surface area contributed by atoms with E-state index in [2.05, 4.69) is 4.72 Å². The van der Waals surface area contributed by atoms with E-state index in [1.54, 1.807) is 24.3 Å². The van der Waals surface area contributed by atoms with Crippen molar-refractivity contribution in [2.75, 3.05) is 0 Å². The summed E-state index contributed by atoms with van der Waals surface area (Å²) in [6.07, 6.45) is 0. The van der Waals surface area contributed by atoms with Crippen molar-refractivity contribution < 1.29 is 16.8 Å². The molecule has 0 bridgehead atoms. The maximum atomic E-state index is 12.1. The highest BCUT2D eigenvalue weighted by atomic mass is 35.5. The smallest absolute Gasteiger partial charge is 0.225 e. The molecule has 2 aromatic rings. The molecule has 2 aromatic carbocycles. The summed E-state index contributed by atoms with van der Waals surface area (Å²) in [6, 6.07) is 11.4. The van der Waals surface area contributed by atoms with Crippen LogP contribution in [-0.4, -0.2) is 16.8 Å². The summed E-state index contributed by atoms with van der Waals surface area (Å²) in [5.41, 5.74) is 0.745. The summed E-state index contributed by atoms with van der Waals surface area (Å²) >= 11 is 5.75. The van der Waals surface area contributed by atoms with Gasteiger partial charge in [-0.05, 0) is 42.0 Å². The molecule has 3 N–H and O–H groups in total. The van der Waals surface area contributed by atoms with Crippen molar-refractivity contribution in [1.82, 2.24) is 4.72 Å². The van der Waals surface area contributed by atoms with Crippen molar-refractivity contribution in [1.29, 1.82) is 0 Å². The molecule has 0 amide bonds. The van der Waals surface area contributed by atoms with Crippen LogP contribution in [0.3, 0.4) is 0 Å². The van der Waals surface area contributed by atoms with E-state index in [-0.39, 0.29) is 16.3 Å². The summed E-state index contributed by atoms with van der Waals surface area (Å²) in [6.45, 7) is 0.0937. The number of nitrogens with two attached hydrogens (primary N) is 1. The van der Waals surface area contributed by atoms with Crippen LogP contribution in [0.1, 0.15) is 5.56 Å². The monoisotopic (exact) mass is 360 g/mol. The molecule has 0 atom stereocenters. The van der Waals surface area contributed by atoms with Gasteiger partial charge in [0.05, 0.1) is 9.79 Å². The van der Waals surface area contributed by atoms with Gasteiger partial charge in [-0.2, -0.15) is 0 Å². The standard InChI is InChI=1S/C13H13ClN2O4S2/c14-11-3-1-10(2-4-11)9-16-22(19,20)13-7-5-12(6-8-13)21(15,17)18/h1-8,16H,9H2,(H2,15,17,18). The van der Waals surface area contributed by atoms with Gasteiger partial charge in [0, 0.05) is 11.6 Å². The van der Waals surface area contributed by atoms with E-state index >= 15 is 0 Å². The molecule has 0 heterocycles. The predicted octanol–water partition coefficient (Wildman–Crippen LogP) is 1.47. The molecule has 0 aliphatic carbocycles. The third-order valence-electron chi connectivity index (χ3n) is 2.84. The lowest BCUT2D eigenvalue weighted by molar-refractivity contribution is 0.580. The van der Waals surface area contributed by atoms with Gasteiger partial charge in [-0.3, -0.25) is 0 Å². The molecule has 0 saturated carbocycles. The highest BCUT2D eigenvalue weighted by molar-refractivity contribution is 7.89. The molecule has 0 saturated heterocycles. The van der Waals surface area contributed by atoms with Crippen LogP contribution in [0.2, 0.25) is 5.02 Å². The number of nitrogens with one attached hydrogen (secondary N) is 1. The first-order chi connectivity index (χ1) is 10.2. The Morgan fingerprint density at radius 1 is 0.864 bits per heavy atom. The van der Waals surface area contributed by atoms with Crippen LogP contribution in [0, 0.1) is 0 Å². The molecule has 0 spiro atoms. The van der Waals surface area contributed by atoms with Gasteiger partial charge in [-0.1, -0.05) is 23.7 Å². The lowest BCUT2D eigenvalue weighted by Crippen LogP contribution is -2.23. The lowest BCUT2D eigenvalue weighted by Gasteiger charge is -2.07. The molecule has 9 heteroatoms. The van der Waals surface area contributed by atoms with E-state index in [1.807, 2.05) is 0 Å². The molecule has 22 heavy (non-hydrogen) atoms. The Morgan fingerprint density at radius 3 is 1.86 bits per heavy atom. The predicted molar refractivity (Wildman–Crippen MR) is 83.3 cm³/mol. The van der Waals surface area contributed by atoms with Gasteiger partial charge in [0.2, 0.25) is 20.0 Å². The Bertz CT molecular complexity index is 861. The largest absolute Gasteiger partial charge is 0.240 e. The van der Waals surface area contributed by atoms with Crippen molar-refractivity contribution in [2.45, 2.75) is 16.3 Å². The van der Waals surface area contributed by atoms with Crippen LogP contribution in [-0.2, 0) is 26.6 Å². The average Bonchev–Trinajstić information content (AvgIpc) is 2.46. The number of halogens is 1. The SMILES string of the molecule is NS(=O)(=O)c1ccc(S(=O)(=O)NCc2ccc(Cl)cc2)cc1. The fourth-order valence-corrected chi connectivity index (χ4v) is 3.33. The molecule has 118 valence electrons. The number of benzene rings is 2. The second-order valence-electron chi connectivity index (χ2n) is 4.47. The molecular weight excluding hydrogens is 348 g/mol. The zero-order chi connectivity index (χ0) is 16.4. The third-order valence-corrected chi connectivity index (χ3v) is 5.44. The average molecular weight is 361 g/mol. The van der Waals surface area contributed by atoms with Crippen molar-refractivity contribution in [3.63, 3.8) is 0 Å². The number of hydrogen-bond donors (Lipinski definition) is 2.